The smallest absolute Gasteiger partial charge is 0.327 e. The first-order valence-corrected chi connectivity index (χ1v) is 10.1. The Morgan fingerprint density at radius 2 is 1.43 bits per heavy atom. The van der Waals surface area contributed by atoms with Gasteiger partial charge >= 0.3 is 5.97 Å². The van der Waals surface area contributed by atoms with Gasteiger partial charge in [0.15, 0.2) is 0 Å². The lowest BCUT2D eigenvalue weighted by atomic mass is 9.95. The van der Waals surface area contributed by atoms with E-state index in [0.717, 1.165) is 6.42 Å². The van der Waals surface area contributed by atoms with Crippen molar-refractivity contribution in [2.75, 3.05) is 5.75 Å². The molecule has 0 rings (SSSR count). The fourth-order valence-corrected chi connectivity index (χ4v) is 2.56. The van der Waals surface area contributed by atoms with E-state index in [0.29, 0.717) is 6.42 Å². The van der Waals surface area contributed by atoms with E-state index < -0.39 is 47.9 Å². The van der Waals surface area contributed by atoms with Crippen LogP contribution in [0.25, 0.3) is 0 Å². The van der Waals surface area contributed by atoms with E-state index in [1.54, 1.807) is 0 Å². The molecular formula is C18H34N4O5S. The topological polar surface area (TPSA) is 151 Å². The third kappa shape index (κ3) is 8.05. The number of carboxylic acids is 1. The van der Waals surface area contributed by atoms with E-state index >= 15 is 0 Å². The van der Waals surface area contributed by atoms with E-state index in [1.807, 2.05) is 27.7 Å². The van der Waals surface area contributed by atoms with Crippen molar-refractivity contribution in [3.63, 3.8) is 0 Å². The van der Waals surface area contributed by atoms with E-state index in [2.05, 4.69) is 28.6 Å². The summed E-state index contributed by atoms with van der Waals surface area (Å²) in [5.74, 6) is -3.13. The van der Waals surface area contributed by atoms with Crippen molar-refractivity contribution in [1.82, 2.24) is 16.0 Å². The molecule has 10 heteroatoms. The van der Waals surface area contributed by atoms with Gasteiger partial charge < -0.3 is 26.8 Å². The van der Waals surface area contributed by atoms with Crippen LogP contribution in [-0.2, 0) is 19.2 Å². The molecule has 0 saturated heterocycles. The van der Waals surface area contributed by atoms with Gasteiger partial charge in [0.1, 0.15) is 18.1 Å². The fraction of sp³-hybridized carbons (Fsp3) is 0.778. The summed E-state index contributed by atoms with van der Waals surface area (Å²) < 4.78 is 0. The summed E-state index contributed by atoms with van der Waals surface area (Å²) in [4.78, 5) is 48.2. The number of carbonyl (C=O) groups is 4. The maximum absolute atomic E-state index is 12.7. The van der Waals surface area contributed by atoms with Crippen LogP contribution in [0.15, 0.2) is 0 Å². The zero-order chi connectivity index (χ0) is 22.0. The predicted molar refractivity (Wildman–Crippen MR) is 110 cm³/mol. The van der Waals surface area contributed by atoms with Crippen molar-refractivity contribution in [2.45, 2.75) is 71.6 Å². The SMILES string of the molecule is CCC(C)C(N)C(=O)NC(C(=O)NC(C)C(=O)NC(CS)C(=O)O)C(C)CC. The fourth-order valence-electron chi connectivity index (χ4n) is 2.31. The minimum absolute atomic E-state index is 0.0421. The summed E-state index contributed by atoms with van der Waals surface area (Å²) in [6.45, 7) is 8.91. The van der Waals surface area contributed by atoms with Gasteiger partial charge in [-0.25, -0.2) is 4.79 Å². The molecule has 0 aromatic rings. The molecule has 3 amide bonds. The highest BCUT2D eigenvalue weighted by Crippen LogP contribution is 2.11. The van der Waals surface area contributed by atoms with Gasteiger partial charge in [0.2, 0.25) is 17.7 Å². The molecule has 0 aromatic heterocycles. The number of hydrogen-bond acceptors (Lipinski definition) is 6. The Balaban J connectivity index is 5.09. The number of thiol groups is 1. The number of carboxylic acid groups (broad SMARTS) is 1. The molecule has 0 bridgehead atoms. The first-order chi connectivity index (χ1) is 13.0. The molecule has 0 radical (unpaired) electrons. The van der Waals surface area contributed by atoms with Crippen molar-refractivity contribution in [1.29, 1.82) is 0 Å². The lowest BCUT2D eigenvalue weighted by Crippen LogP contribution is -2.58. The minimum atomic E-state index is -1.22. The third-order valence-corrected chi connectivity index (χ3v) is 5.27. The highest BCUT2D eigenvalue weighted by molar-refractivity contribution is 7.80. The second-order valence-electron chi connectivity index (χ2n) is 7.10. The molecule has 0 spiro atoms. The van der Waals surface area contributed by atoms with Gasteiger partial charge in [-0.3, -0.25) is 14.4 Å². The highest BCUT2D eigenvalue weighted by atomic mass is 32.1. The molecule has 0 aliphatic rings. The van der Waals surface area contributed by atoms with Crippen LogP contribution < -0.4 is 21.7 Å². The van der Waals surface area contributed by atoms with Crippen LogP contribution in [0.2, 0.25) is 0 Å². The van der Waals surface area contributed by atoms with E-state index in [9.17, 15) is 19.2 Å². The first kappa shape index (κ1) is 26.2. The Kier molecular flexibility index (Phi) is 11.8. The molecule has 0 aromatic carbocycles. The van der Waals surface area contributed by atoms with Gasteiger partial charge in [-0.15, -0.1) is 0 Å². The Labute approximate surface area is 172 Å². The normalized spacial score (nSPS) is 17.4. The van der Waals surface area contributed by atoms with Crippen molar-refractivity contribution in [3.8, 4) is 0 Å². The molecule has 0 fully saturated rings. The Morgan fingerprint density at radius 1 is 0.893 bits per heavy atom. The summed E-state index contributed by atoms with van der Waals surface area (Å²) >= 11 is 3.88. The summed E-state index contributed by atoms with van der Waals surface area (Å²) in [5, 5.41) is 16.5. The summed E-state index contributed by atoms with van der Waals surface area (Å²) in [7, 11) is 0. The molecule has 6 unspecified atom stereocenters. The van der Waals surface area contributed by atoms with Crippen molar-refractivity contribution >= 4 is 36.3 Å². The van der Waals surface area contributed by atoms with E-state index in [-0.39, 0.29) is 17.6 Å². The molecule has 28 heavy (non-hydrogen) atoms. The molecule has 162 valence electrons. The molecular weight excluding hydrogens is 384 g/mol. The Bertz CT molecular complexity index is 560. The first-order valence-electron chi connectivity index (χ1n) is 9.50. The van der Waals surface area contributed by atoms with Crippen molar-refractivity contribution < 1.29 is 24.3 Å². The predicted octanol–water partition coefficient (Wildman–Crippen LogP) is -0.105. The summed E-state index contributed by atoms with van der Waals surface area (Å²) in [6, 6.07) is -3.74. The molecule has 9 nitrogen and oxygen atoms in total. The summed E-state index contributed by atoms with van der Waals surface area (Å²) in [6.07, 6.45) is 1.35. The molecule has 0 saturated carbocycles. The average molecular weight is 419 g/mol. The van der Waals surface area contributed by atoms with Crippen molar-refractivity contribution in [2.24, 2.45) is 17.6 Å². The number of amides is 3. The maximum Gasteiger partial charge on any atom is 0.327 e. The van der Waals surface area contributed by atoms with Gasteiger partial charge in [-0.2, -0.15) is 12.6 Å². The monoisotopic (exact) mass is 418 g/mol. The van der Waals surface area contributed by atoms with Gasteiger partial charge in [0.05, 0.1) is 6.04 Å². The lowest BCUT2D eigenvalue weighted by Gasteiger charge is -2.27. The van der Waals surface area contributed by atoms with Crippen LogP contribution in [0.4, 0.5) is 0 Å². The van der Waals surface area contributed by atoms with Gasteiger partial charge in [-0.1, -0.05) is 40.5 Å². The summed E-state index contributed by atoms with van der Waals surface area (Å²) in [5.41, 5.74) is 5.94. The van der Waals surface area contributed by atoms with Crippen LogP contribution in [-0.4, -0.2) is 58.7 Å². The van der Waals surface area contributed by atoms with Crippen LogP contribution in [0.1, 0.15) is 47.5 Å². The van der Waals surface area contributed by atoms with Gasteiger partial charge in [0, 0.05) is 5.75 Å². The van der Waals surface area contributed by atoms with Crippen LogP contribution >= 0.6 is 12.6 Å². The number of hydrogen-bond donors (Lipinski definition) is 6. The average Bonchev–Trinajstić information content (AvgIpc) is 2.67. The molecule has 6 N–H and O–H groups in total. The quantitative estimate of drug-likeness (QED) is 0.244. The molecule has 0 aliphatic heterocycles. The van der Waals surface area contributed by atoms with Crippen LogP contribution in [0, 0.1) is 11.8 Å². The van der Waals surface area contributed by atoms with Crippen molar-refractivity contribution in [3.05, 3.63) is 0 Å². The van der Waals surface area contributed by atoms with E-state index in [4.69, 9.17) is 10.8 Å². The highest BCUT2D eigenvalue weighted by Gasteiger charge is 2.31. The number of aliphatic carboxylic acids is 1. The zero-order valence-corrected chi connectivity index (χ0v) is 18.1. The standard InChI is InChI=1S/C18H34N4O5S/c1-6-9(3)13(19)16(24)22-14(10(4)7-2)17(25)20-11(5)15(23)21-12(8-28)18(26)27/h9-14,28H,6-8,19H2,1-5H3,(H,20,25)(H,21,23)(H,22,24)(H,26,27). The number of nitrogens with one attached hydrogen (secondary N) is 3. The second-order valence-corrected chi connectivity index (χ2v) is 7.46. The van der Waals surface area contributed by atoms with Crippen LogP contribution in [0.3, 0.4) is 0 Å². The molecule has 0 aliphatic carbocycles. The number of carbonyl (C=O) groups excluding carboxylic acids is 3. The van der Waals surface area contributed by atoms with Crippen LogP contribution in [0.5, 0.6) is 0 Å². The second kappa shape index (κ2) is 12.6. The Hall–Kier alpha value is -1.81. The largest absolute Gasteiger partial charge is 0.480 e. The van der Waals surface area contributed by atoms with E-state index in [1.165, 1.54) is 6.92 Å². The number of nitrogens with two attached hydrogens (primary N) is 1. The van der Waals surface area contributed by atoms with Gasteiger partial charge in [0.25, 0.3) is 0 Å². The molecule has 6 atom stereocenters. The molecule has 0 heterocycles. The zero-order valence-electron chi connectivity index (χ0n) is 17.2. The third-order valence-electron chi connectivity index (χ3n) is 4.90. The Morgan fingerprint density at radius 3 is 1.86 bits per heavy atom. The number of rotatable bonds is 12. The lowest BCUT2D eigenvalue weighted by molar-refractivity contribution is -0.141. The van der Waals surface area contributed by atoms with Gasteiger partial charge in [-0.05, 0) is 18.8 Å². The minimum Gasteiger partial charge on any atom is -0.480 e. The maximum atomic E-state index is 12.7.